The Morgan fingerprint density at radius 2 is 2.38 bits per heavy atom. The van der Waals surface area contributed by atoms with Gasteiger partial charge in [0.2, 0.25) is 0 Å². The van der Waals surface area contributed by atoms with Crippen LogP contribution in [0.4, 0.5) is 0 Å². The Kier molecular flexibility index (Phi) is 4.25. The van der Waals surface area contributed by atoms with Crippen LogP contribution in [0.5, 0.6) is 0 Å². The van der Waals surface area contributed by atoms with Gasteiger partial charge < -0.3 is 4.74 Å². The van der Waals surface area contributed by atoms with Crippen molar-refractivity contribution >= 4 is 27.5 Å². The fourth-order valence-electron chi connectivity index (χ4n) is 2.04. The molecule has 2 rings (SSSR count). The van der Waals surface area contributed by atoms with E-state index in [4.69, 9.17) is 16.3 Å². The van der Waals surface area contributed by atoms with Crippen LogP contribution in [0.15, 0.2) is 22.7 Å². The molecule has 88 valence electrons. The maximum atomic E-state index is 6.07. The van der Waals surface area contributed by atoms with Crippen LogP contribution >= 0.6 is 27.5 Å². The van der Waals surface area contributed by atoms with Gasteiger partial charge in [0, 0.05) is 31.2 Å². The van der Waals surface area contributed by atoms with E-state index in [1.165, 1.54) is 5.56 Å². The number of benzene rings is 1. The lowest BCUT2D eigenvalue weighted by atomic mass is 10.2. The SMILES string of the molecule is CO[C@H]1CCN(Cc2cccc(Cl)c2Br)C1. The number of rotatable bonds is 3. The molecule has 4 heteroatoms. The third-order valence-corrected chi connectivity index (χ3v) is 4.47. The van der Waals surface area contributed by atoms with E-state index >= 15 is 0 Å². The van der Waals surface area contributed by atoms with E-state index in [1.807, 2.05) is 12.1 Å². The molecule has 16 heavy (non-hydrogen) atoms. The molecule has 0 unspecified atom stereocenters. The summed E-state index contributed by atoms with van der Waals surface area (Å²) < 4.78 is 6.37. The molecular weight excluding hydrogens is 289 g/mol. The number of halogens is 2. The molecular formula is C12H15BrClNO. The maximum Gasteiger partial charge on any atom is 0.0710 e. The Bertz CT molecular complexity index is 372. The van der Waals surface area contributed by atoms with E-state index in [9.17, 15) is 0 Å². The van der Waals surface area contributed by atoms with Gasteiger partial charge in [0.25, 0.3) is 0 Å². The van der Waals surface area contributed by atoms with Crippen molar-refractivity contribution in [1.29, 1.82) is 0 Å². The van der Waals surface area contributed by atoms with Crippen molar-refractivity contribution in [2.75, 3.05) is 20.2 Å². The topological polar surface area (TPSA) is 12.5 Å². The Balaban J connectivity index is 2.02. The lowest BCUT2D eigenvalue weighted by Crippen LogP contribution is -2.22. The molecule has 1 aliphatic rings. The summed E-state index contributed by atoms with van der Waals surface area (Å²) in [6.07, 6.45) is 1.51. The van der Waals surface area contributed by atoms with Crippen molar-refractivity contribution in [3.8, 4) is 0 Å². The summed E-state index contributed by atoms with van der Waals surface area (Å²) in [4.78, 5) is 2.39. The second-order valence-corrected chi connectivity index (χ2v) is 5.29. The highest BCUT2D eigenvalue weighted by atomic mass is 79.9. The van der Waals surface area contributed by atoms with E-state index in [-0.39, 0.29) is 0 Å². The molecule has 1 atom stereocenters. The Hall–Kier alpha value is -0.0900. The third-order valence-electron chi connectivity index (χ3n) is 2.99. The van der Waals surface area contributed by atoms with Crippen LogP contribution in [-0.2, 0) is 11.3 Å². The molecule has 1 aliphatic heterocycles. The van der Waals surface area contributed by atoms with E-state index in [1.54, 1.807) is 7.11 Å². The molecule has 0 N–H and O–H groups in total. The lowest BCUT2D eigenvalue weighted by molar-refractivity contribution is 0.107. The lowest BCUT2D eigenvalue weighted by Gasteiger charge is -2.16. The van der Waals surface area contributed by atoms with Crippen LogP contribution in [0.25, 0.3) is 0 Å². The first kappa shape index (κ1) is 12.4. The van der Waals surface area contributed by atoms with Gasteiger partial charge in [-0.25, -0.2) is 0 Å². The average Bonchev–Trinajstić information content (AvgIpc) is 2.73. The zero-order chi connectivity index (χ0) is 11.5. The molecule has 0 aliphatic carbocycles. The first-order valence-corrected chi connectivity index (χ1v) is 6.56. The number of likely N-dealkylation sites (tertiary alicyclic amines) is 1. The van der Waals surface area contributed by atoms with Gasteiger partial charge in [0.15, 0.2) is 0 Å². The number of methoxy groups -OCH3 is 1. The van der Waals surface area contributed by atoms with Gasteiger partial charge in [-0.15, -0.1) is 0 Å². The molecule has 1 saturated heterocycles. The number of hydrogen-bond acceptors (Lipinski definition) is 2. The minimum atomic E-state index is 0.387. The Morgan fingerprint density at radius 1 is 1.56 bits per heavy atom. The summed E-state index contributed by atoms with van der Waals surface area (Å²) >= 11 is 9.59. The summed E-state index contributed by atoms with van der Waals surface area (Å²) in [5.74, 6) is 0. The predicted molar refractivity (Wildman–Crippen MR) is 69.8 cm³/mol. The third kappa shape index (κ3) is 2.77. The molecule has 0 spiro atoms. The van der Waals surface area contributed by atoms with Crippen molar-refractivity contribution < 1.29 is 4.74 Å². The van der Waals surface area contributed by atoms with E-state index in [2.05, 4.69) is 26.9 Å². The molecule has 2 nitrogen and oxygen atoms in total. The van der Waals surface area contributed by atoms with Gasteiger partial charge in [-0.05, 0) is 34.0 Å². The van der Waals surface area contributed by atoms with E-state index in [0.717, 1.165) is 35.6 Å². The van der Waals surface area contributed by atoms with Crippen molar-refractivity contribution in [2.45, 2.75) is 19.1 Å². The largest absolute Gasteiger partial charge is 0.380 e. The highest BCUT2D eigenvalue weighted by Crippen LogP contribution is 2.28. The van der Waals surface area contributed by atoms with Crippen LogP contribution < -0.4 is 0 Å². The number of ether oxygens (including phenoxy) is 1. The molecule has 0 radical (unpaired) electrons. The zero-order valence-corrected chi connectivity index (χ0v) is 11.6. The predicted octanol–water partition coefficient (Wildman–Crippen LogP) is 3.32. The van der Waals surface area contributed by atoms with Crippen LogP contribution in [0, 0.1) is 0 Å². The molecule has 0 aromatic heterocycles. The van der Waals surface area contributed by atoms with Crippen molar-refractivity contribution in [1.82, 2.24) is 4.90 Å². The first-order valence-electron chi connectivity index (χ1n) is 5.38. The van der Waals surface area contributed by atoms with Gasteiger partial charge in [-0.3, -0.25) is 4.90 Å². The average molecular weight is 305 g/mol. The number of hydrogen-bond donors (Lipinski definition) is 0. The summed E-state index contributed by atoms with van der Waals surface area (Å²) in [6, 6.07) is 6.00. The van der Waals surface area contributed by atoms with Crippen molar-refractivity contribution in [3.63, 3.8) is 0 Å². The van der Waals surface area contributed by atoms with Crippen LogP contribution in [0.1, 0.15) is 12.0 Å². The van der Waals surface area contributed by atoms with Gasteiger partial charge in [0.05, 0.1) is 11.1 Å². The highest BCUT2D eigenvalue weighted by Gasteiger charge is 2.22. The summed E-state index contributed by atoms with van der Waals surface area (Å²) in [5.41, 5.74) is 1.24. The minimum absolute atomic E-state index is 0.387. The highest BCUT2D eigenvalue weighted by molar-refractivity contribution is 9.10. The second kappa shape index (κ2) is 5.50. The molecule has 1 aromatic rings. The smallest absolute Gasteiger partial charge is 0.0710 e. The molecule has 0 saturated carbocycles. The van der Waals surface area contributed by atoms with Gasteiger partial charge in [0.1, 0.15) is 0 Å². The van der Waals surface area contributed by atoms with E-state index < -0.39 is 0 Å². The molecule has 0 amide bonds. The molecule has 1 aromatic carbocycles. The molecule has 1 fully saturated rings. The zero-order valence-electron chi connectivity index (χ0n) is 9.25. The Labute approximate surface area is 110 Å². The maximum absolute atomic E-state index is 6.07. The normalized spacial score (nSPS) is 21.6. The summed E-state index contributed by atoms with van der Waals surface area (Å²) in [7, 11) is 1.78. The second-order valence-electron chi connectivity index (χ2n) is 4.09. The van der Waals surface area contributed by atoms with Crippen LogP contribution in [0.3, 0.4) is 0 Å². The summed E-state index contributed by atoms with van der Waals surface area (Å²) in [6.45, 7) is 3.04. The van der Waals surface area contributed by atoms with Gasteiger partial charge in [-0.2, -0.15) is 0 Å². The fourth-order valence-corrected chi connectivity index (χ4v) is 2.63. The number of nitrogens with zero attached hydrogens (tertiary/aromatic N) is 1. The minimum Gasteiger partial charge on any atom is -0.380 e. The standard InChI is InChI=1S/C12H15BrClNO/c1-16-10-5-6-15(8-10)7-9-3-2-4-11(14)12(9)13/h2-4,10H,5-8H2,1H3/t10-/m0/s1. The van der Waals surface area contributed by atoms with Crippen molar-refractivity contribution in [2.24, 2.45) is 0 Å². The molecule has 1 heterocycles. The Morgan fingerprint density at radius 3 is 3.06 bits per heavy atom. The molecule has 0 bridgehead atoms. The van der Waals surface area contributed by atoms with Crippen molar-refractivity contribution in [3.05, 3.63) is 33.3 Å². The van der Waals surface area contributed by atoms with Crippen LogP contribution in [0.2, 0.25) is 5.02 Å². The quantitative estimate of drug-likeness (QED) is 0.849. The van der Waals surface area contributed by atoms with Gasteiger partial charge in [-0.1, -0.05) is 23.7 Å². The fraction of sp³-hybridized carbons (Fsp3) is 0.500. The monoisotopic (exact) mass is 303 g/mol. The van der Waals surface area contributed by atoms with Crippen LogP contribution in [-0.4, -0.2) is 31.2 Å². The van der Waals surface area contributed by atoms with Gasteiger partial charge >= 0.3 is 0 Å². The van der Waals surface area contributed by atoms with E-state index in [0.29, 0.717) is 6.10 Å². The summed E-state index contributed by atoms with van der Waals surface area (Å²) in [5, 5.41) is 0.778. The first-order chi connectivity index (χ1) is 7.70.